The van der Waals surface area contributed by atoms with Crippen molar-refractivity contribution in [3.05, 3.63) is 33.9 Å². The van der Waals surface area contributed by atoms with Crippen LogP contribution in [0.25, 0.3) is 10.9 Å². The van der Waals surface area contributed by atoms with Crippen LogP contribution in [-0.2, 0) is 7.05 Å². The topological polar surface area (TPSA) is 92.0 Å². The van der Waals surface area contributed by atoms with Crippen molar-refractivity contribution < 1.29 is 24.1 Å². The van der Waals surface area contributed by atoms with Crippen molar-refractivity contribution in [3.63, 3.8) is 0 Å². The summed E-state index contributed by atoms with van der Waals surface area (Å²) in [6.45, 7) is 1.07. The number of carboxylic acids is 1. The number of carboxylic acid groups (broad SMARTS) is 1. The predicted molar refractivity (Wildman–Crippen MR) is 90.1 cm³/mol. The van der Waals surface area contributed by atoms with E-state index in [2.05, 4.69) is 0 Å². The molecule has 0 amide bonds. The number of ether oxygens (including phenoxy) is 1. The molecular formula is C17H19FN2O5. The van der Waals surface area contributed by atoms with Crippen LogP contribution in [0.1, 0.15) is 16.8 Å². The van der Waals surface area contributed by atoms with Gasteiger partial charge in [-0.3, -0.25) is 4.79 Å². The lowest BCUT2D eigenvalue weighted by atomic mass is 10.1. The lowest BCUT2D eigenvalue weighted by molar-refractivity contribution is 0.0695. The summed E-state index contributed by atoms with van der Waals surface area (Å²) in [6.07, 6.45) is 1.94. The van der Waals surface area contributed by atoms with Crippen molar-refractivity contribution in [2.75, 3.05) is 31.7 Å². The van der Waals surface area contributed by atoms with E-state index < -0.39 is 22.8 Å². The predicted octanol–water partition coefficient (Wildman–Crippen LogP) is 1.20. The van der Waals surface area contributed by atoms with Crippen LogP contribution in [0.5, 0.6) is 5.75 Å². The molecule has 0 bridgehead atoms. The number of pyridine rings is 1. The maximum Gasteiger partial charge on any atom is 0.341 e. The monoisotopic (exact) mass is 350 g/mol. The van der Waals surface area contributed by atoms with Gasteiger partial charge in [0.25, 0.3) is 0 Å². The molecule has 0 saturated carbocycles. The molecule has 1 saturated heterocycles. The van der Waals surface area contributed by atoms with E-state index in [0.29, 0.717) is 18.6 Å². The van der Waals surface area contributed by atoms with Crippen LogP contribution in [0.2, 0.25) is 0 Å². The molecule has 2 aromatic rings. The van der Waals surface area contributed by atoms with Crippen LogP contribution in [0, 0.1) is 11.7 Å². The molecule has 7 nitrogen and oxygen atoms in total. The molecule has 0 spiro atoms. The normalized spacial score (nSPS) is 17.3. The van der Waals surface area contributed by atoms with E-state index in [-0.39, 0.29) is 29.3 Å². The van der Waals surface area contributed by atoms with E-state index in [1.807, 2.05) is 0 Å². The van der Waals surface area contributed by atoms with E-state index in [0.717, 1.165) is 12.5 Å². The lowest BCUT2D eigenvalue weighted by Crippen LogP contribution is -2.24. The van der Waals surface area contributed by atoms with Gasteiger partial charge in [-0.05, 0) is 12.5 Å². The van der Waals surface area contributed by atoms with Gasteiger partial charge in [0, 0.05) is 38.9 Å². The van der Waals surface area contributed by atoms with Gasteiger partial charge in [-0.15, -0.1) is 0 Å². The molecule has 1 unspecified atom stereocenters. The second kappa shape index (κ2) is 6.36. The molecular weight excluding hydrogens is 331 g/mol. The third-order valence-electron chi connectivity index (χ3n) is 4.64. The highest BCUT2D eigenvalue weighted by Crippen LogP contribution is 2.39. The standard InChI is InChI=1S/C17H19FN2O5/c1-19-7-11(17(23)24)15(22)10-5-12(18)14(16(25-2)13(10)19)20-4-3-9(6-20)8-21/h5,7,9,21H,3-4,6,8H2,1-2H3,(H,23,24). The van der Waals surface area contributed by atoms with Gasteiger partial charge in [0.2, 0.25) is 5.43 Å². The third kappa shape index (κ3) is 2.72. The van der Waals surface area contributed by atoms with E-state index in [4.69, 9.17) is 9.84 Å². The van der Waals surface area contributed by atoms with Crippen LogP contribution in [0.3, 0.4) is 0 Å². The molecule has 2 heterocycles. The summed E-state index contributed by atoms with van der Waals surface area (Å²) in [5.74, 6) is -1.78. The molecule has 25 heavy (non-hydrogen) atoms. The number of aliphatic hydroxyl groups excluding tert-OH is 1. The third-order valence-corrected chi connectivity index (χ3v) is 4.64. The lowest BCUT2D eigenvalue weighted by Gasteiger charge is -2.24. The Morgan fingerprint density at radius 2 is 2.20 bits per heavy atom. The molecule has 1 aromatic carbocycles. The highest BCUT2D eigenvalue weighted by molar-refractivity contribution is 5.96. The number of aliphatic hydroxyl groups is 1. The fourth-order valence-electron chi connectivity index (χ4n) is 3.42. The molecule has 1 atom stereocenters. The molecule has 1 fully saturated rings. The van der Waals surface area contributed by atoms with Crippen LogP contribution >= 0.6 is 0 Å². The number of anilines is 1. The number of nitrogens with zero attached hydrogens (tertiary/aromatic N) is 2. The molecule has 1 aliphatic rings. The van der Waals surface area contributed by atoms with Crippen molar-refractivity contribution in [2.45, 2.75) is 6.42 Å². The fraction of sp³-hybridized carbons (Fsp3) is 0.412. The SMILES string of the molecule is COc1c(N2CCC(CO)C2)c(F)cc2c(=O)c(C(=O)O)cn(C)c12. The zero-order valence-electron chi connectivity index (χ0n) is 14.0. The Morgan fingerprint density at radius 3 is 2.76 bits per heavy atom. The summed E-state index contributed by atoms with van der Waals surface area (Å²) >= 11 is 0. The first-order valence-electron chi connectivity index (χ1n) is 7.88. The van der Waals surface area contributed by atoms with E-state index in [9.17, 15) is 19.1 Å². The van der Waals surface area contributed by atoms with Gasteiger partial charge < -0.3 is 24.4 Å². The minimum Gasteiger partial charge on any atom is -0.492 e. The average molecular weight is 350 g/mol. The highest BCUT2D eigenvalue weighted by Gasteiger charge is 2.29. The summed E-state index contributed by atoms with van der Waals surface area (Å²) in [4.78, 5) is 25.4. The maximum absolute atomic E-state index is 14.8. The number of carbonyl (C=O) groups is 1. The molecule has 134 valence electrons. The molecule has 1 aliphatic heterocycles. The summed E-state index contributed by atoms with van der Waals surface area (Å²) in [5, 5.41) is 18.4. The van der Waals surface area contributed by atoms with E-state index in [1.54, 1.807) is 11.9 Å². The number of benzene rings is 1. The first kappa shape index (κ1) is 17.2. The first-order valence-corrected chi connectivity index (χ1v) is 7.88. The molecule has 1 aromatic heterocycles. The smallest absolute Gasteiger partial charge is 0.341 e. The molecule has 8 heteroatoms. The number of aromatic carboxylic acids is 1. The number of hydrogen-bond acceptors (Lipinski definition) is 5. The zero-order chi connectivity index (χ0) is 18.3. The number of fused-ring (bicyclic) bond motifs is 1. The van der Waals surface area contributed by atoms with Crippen molar-refractivity contribution >= 4 is 22.6 Å². The van der Waals surface area contributed by atoms with Crippen molar-refractivity contribution in [3.8, 4) is 5.75 Å². The van der Waals surface area contributed by atoms with Crippen LogP contribution in [0.4, 0.5) is 10.1 Å². The van der Waals surface area contributed by atoms with Crippen molar-refractivity contribution in [1.82, 2.24) is 4.57 Å². The molecule has 2 N–H and O–H groups in total. The molecule has 3 rings (SSSR count). The Balaban J connectivity index is 2.29. The number of methoxy groups -OCH3 is 1. The first-order chi connectivity index (χ1) is 11.9. The van der Waals surface area contributed by atoms with E-state index >= 15 is 0 Å². The van der Waals surface area contributed by atoms with Gasteiger partial charge >= 0.3 is 5.97 Å². The quantitative estimate of drug-likeness (QED) is 0.861. The minimum atomic E-state index is -1.36. The molecule has 0 aliphatic carbocycles. The fourth-order valence-corrected chi connectivity index (χ4v) is 3.42. The Bertz CT molecular complexity index is 908. The Morgan fingerprint density at radius 1 is 1.48 bits per heavy atom. The number of halogens is 1. The van der Waals surface area contributed by atoms with Gasteiger partial charge in [0.15, 0.2) is 11.6 Å². The van der Waals surface area contributed by atoms with Crippen LogP contribution < -0.4 is 15.1 Å². The highest BCUT2D eigenvalue weighted by atomic mass is 19.1. The van der Waals surface area contributed by atoms with Gasteiger partial charge in [0.1, 0.15) is 11.3 Å². The molecule has 0 radical (unpaired) electrons. The summed E-state index contributed by atoms with van der Waals surface area (Å²) < 4.78 is 21.7. The summed E-state index contributed by atoms with van der Waals surface area (Å²) in [6, 6.07) is 1.06. The van der Waals surface area contributed by atoms with Gasteiger partial charge in [-0.25, -0.2) is 9.18 Å². The Hall–Kier alpha value is -2.61. The second-order valence-electron chi connectivity index (χ2n) is 6.21. The van der Waals surface area contributed by atoms with Crippen LogP contribution in [-0.4, -0.2) is 47.6 Å². The maximum atomic E-state index is 14.8. The van der Waals surface area contributed by atoms with Crippen molar-refractivity contribution in [2.24, 2.45) is 13.0 Å². The number of aryl methyl sites for hydroxylation is 1. The summed E-state index contributed by atoms with van der Waals surface area (Å²) in [5.41, 5.74) is -0.616. The average Bonchev–Trinajstić information content (AvgIpc) is 3.05. The number of rotatable bonds is 4. The zero-order valence-corrected chi connectivity index (χ0v) is 14.0. The van der Waals surface area contributed by atoms with Gasteiger partial charge in [0.05, 0.1) is 18.0 Å². The second-order valence-corrected chi connectivity index (χ2v) is 6.21. The summed E-state index contributed by atoms with van der Waals surface area (Å²) in [7, 11) is 2.96. The number of hydrogen-bond donors (Lipinski definition) is 2. The van der Waals surface area contributed by atoms with Gasteiger partial charge in [-0.1, -0.05) is 0 Å². The Labute approximate surface area is 142 Å². The number of aromatic nitrogens is 1. The van der Waals surface area contributed by atoms with Crippen LogP contribution in [0.15, 0.2) is 17.1 Å². The Kier molecular flexibility index (Phi) is 4.38. The minimum absolute atomic E-state index is 0.0223. The largest absolute Gasteiger partial charge is 0.492 e. The van der Waals surface area contributed by atoms with E-state index in [1.165, 1.54) is 17.9 Å². The van der Waals surface area contributed by atoms with Gasteiger partial charge in [-0.2, -0.15) is 0 Å². The van der Waals surface area contributed by atoms with Crippen molar-refractivity contribution in [1.29, 1.82) is 0 Å².